The number of aryl methyl sites for hydroxylation is 1. The number of carbonyl (C=O) groups is 1. The van der Waals surface area contributed by atoms with Gasteiger partial charge in [-0.15, -0.1) is 0 Å². The smallest absolute Gasteiger partial charge is 0.264 e. The number of hydrogen-bond acceptors (Lipinski definition) is 3. The summed E-state index contributed by atoms with van der Waals surface area (Å²) in [7, 11) is 1.68. The Kier molecular flexibility index (Phi) is 5.02. The first-order chi connectivity index (χ1) is 12.5. The summed E-state index contributed by atoms with van der Waals surface area (Å²) >= 11 is 0. The predicted octanol–water partition coefficient (Wildman–Crippen LogP) is 3.11. The second-order valence-electron chi connectivity index (χ2n) is 5.80. The molecule has 0 radical (unpaired) electrons. The van der Waals surface area contributed by atoms with Gasteiger partial charge < -0.3 is 14.2 Å². The number of carbonyl (C=O) groups excluding carboxylic acids is 1. The van der Waals surface area contributed by atoms with E-state index in [0.717, 1.165) is 5.39 Å². The summed E-state index contributed by atoms with van der Waals surface area (Å²) in [5, 5.41) is 0.733. The van der Waals surface area contributed by atoms with Crippen LogP contribution >= 0.6 is 0 Å². The molecule has 3 rings (SSSR count). The zero-order valence-corrected chi connectivity index (χ0v) is 14.6. The Hall–Kier alpha value is -3.15. The molecule has 0 aliphatic rings. The van der Waals surface area contributed by atoms with Crippen LogP contribution in [0.3, 0.4) is 0 Å². The maximum absolute atomic E-state index is 14.0. The molecule has 0 unspecified atom stereocenters. The molecule has 0 fully saturated rings. The van der Waals surface area contributed by atoms with E-state index in [1.807, 2.05) is 24.3 Å². The van der Waals surface area contributed by atoms with Gasteiger partial charge in [0, 0.05) is 25.0 Å². The molecule has 6 heteroatoms. The van der Waals surface area contributed by atoms with Gasteiger partial charge in [-0.2, -0.15) is 0 Å². The van der Waals surface area contributed by atoms with E-state index in [-0.39, 0.29) is 23.8 Å². The van der Waals surface area contributed by atoms with Gasteiger partial charge in [-0.25, -0.2) is 4.39 Å². The van der Waals surface area contributed by atoms with Crippen LogP contribution in [0, 0.1) is 5.82 Å². The number of halogens is 1. The highest BCUT2D eigenvalue weighted by molar-refractivity contribution is 5.95. The van der Waals surface area contributed by atoms with Crippen molar-refractivity contribution in [2.45, 2.75) is 6.92 Å². The zero-order valence-electron chi connectivity index (χ0n) is 14.6. The van der Waals surface area contributed by atoms with Crippen LogP contribution in [0.15, 0.2) is 59.4 Å². The fraction of sp³-hybridized carbons (Fsp3) is 0.200. The minimum atomic E-state index is -0.471. The third-order valence-corrected chi connectivity index (χ3v) is 4.23. The van der Waals surface area contributed by atoms with Crippen molar-refractivity contribution in [1.29, 1.82) is 0 Å². The van der Waals surface area contributed by atoms with E-state index in [4.69, 9.17) is 4.74 Å². The summed E-state index contributed by atoms with van der Waals surface area (Å²) in [6, 6.07) is 14.7. The second kappa shape index (κ2) is 7.39. The van der Waals surface area contributed by atoms with E-state index >= 15 is 0 Å². The SMILES string of the molecule is CCN(C(=O)COc1cc(=O)n(C)c2ccccc12)c1ccccc1F. The highest BCUT2D eigenvalue weighted by Crippen LogP contribution is 2.24. The van der Waals surface area contributed by atoms with Crippen molar-refractivity contribution in [2.24, 2.45) is 7.05 Å². The number of rotatable bonds is 5. The molecular formula is C20H19FN2O3. The molecule has 1 aromatic heterocycles. The minimum absolute atomic E-state index is 0.206. The monoisotopic (exact) mass is 354 g/mol. The molecule has 0 atom stereocenters. The predicted molar refractivity (Wildman–Crippen MR) is 99.1 cm³/mol. The molecule has 1 heterocycles. The van der Waals surface area contributed by atoms with Gasteiger partial charge in [-0.05, 0) is 31.2 Å². The van der Waals surface area contributed by atoms with Crippen LogP contribution in [0.25, 0.3) is 10.9 Å². The number of fused-ring (bicyclic) bond motifs is 1. The van der Waals surface area contributed by atoms with Crippen LogP contribution < -0.4 is 15.2 Å². The molecule has 1 amide bonds. The molecule has 0 saturated heterocycles. The first kappa shape index (κ1) is 17.7. The van der Waals surface area contributed by atoms with Crippen molar-refractivity contribution in [3.63, 3.8) is 0 Å². The summed E-state index contributed by atoms with van der Waals surface area (Å²) in [6.07, 6.45) is 0. The summed E-state index contributed by atoms with van der Waals surface area (Å²) in [5.74, 6) is -0.522. The third kappa shape index (κ3) is 3.31. The number of hydrogen-bond donors (Lipinski definition) is 0. The summed E-state index contributed by atoms with van der Waals surface area (Å²) in [5.41, 5.74) is 0.689. The standard InChI is InChI=1S/C20H19FN2O3/c1-3-23(17-11-7-5-9-15(17)21)20(25)13-26-18-12-19(24)22(2)16-10-6-4-8-14(16)18/h4-12H,3,13H2,1-2H3. The van der Waals surface area contributed by atoms with Crippen molar-refractivity contribution in [3.8, 4) is 5.75 Å². The Morgan fingerprint density at radius 2 is 1.85 bits per heavy atom. The Morgan fingerprint density at radius 3 is 2.58 bits per heavy atom. The van der Waals surface area contributed by atoms with Gasteiger partial charge in [0.15, 0.2) is 6.61 Å². The summed E-state index contributed by atoms with van der Waals surface area (Å²) in [4.78, 5) is 25.9. The highest BCUT2D eigenvalue weighted by atomic mass is 19.1. The van der Waals surface area contributed by atoms with Crippen molar-refractivity contribution in [2.75, 3.05) is 18.1 Å². The molecule has 0 spiro atoms. The number of likely N-dealkylation sites (N-methyl/N-ethyl adjacent to an activating group) is 1. The van der Waals surface area contributed by atoms with Crippen molar-refractivity contribution >= 4 is 22.5 Å². The number of amides is 1. The first-order valence-electron chi connectivity index (χ1n) is 8.29. The van der Waals surface area contributed by atoms with Gasteiger partial charge in [0.2, 0.25) is 0 Å². The van der Waals surface area contributed by atoms with E-state index in [0.29, 0.717) is 17.8 Å². The fourth-order valence-corrected chi connectivity index (χ4v) is 2.87. The normalized spacial score (nSPS) is 10.7. The first-order valence-corrected chi connectivity index (χ1v) is 8.29. The number of para-hydroxylation sites is 2. The van der Waals surface area contributed by atoms with Crippen LogP contribution in [-0.2, 0) is 11.8 Å². The molecule has 26 heavy (non-hydrogen) atoms. The highest BCUT2D eigenvalue weighted by Gasteiger charge is 2.18. The second-order valence-corrected chi connectivity index (χ2v) is 5.80. The Morgan fingerprint density at radius 1 is 1.15 bits per heavy atom. The van der Waals surface area contributed by atoms with Gasteiger partial charge in [-0.1, -0.05) is 24.3 Å². The van der Waals surface area contributed by atoms with Gasteiger partial charge in [0.1, 0.15) is 11.6 Å². The molecule has 134 valence electrons. The summed E-state index contributed by atoms with van der Waals surface area (Å²) in [6.45, 7) is 1.78. The minimum Gasteiger partial charge on any atom is -0.483 e. The lowest BCUT2D eigenvalue weighted by molar-refractivity contribution is -0.120. The molecule has 0 N–H and O–H groups in total. The van der Waals surface area contributed by atoms with Crippen LogP contribution in [0.2, 0.25) is 0 Å². The molecule has 0 saturated carbocycles. The number of ether oxygens (including phenoxy) is 1. The average molecular weight is 354 g/mol. The number of benzene rings is 2. The molecule has 3 aromatic rings. The number of pyridine rings is 1. The third-order valence-electron chi connectivity index (χ3n) is 4.23. The van der Waals surface area contributed by atoms with E-state index in [1.54, 1.807) is 32.2 Å². The lowest BCUT2D eigenvalue weighted by Crippen LogP contribution is -2.35. The number of nitrogens with zero attached hydrogens (tertiary/aromatic N) is 2. The molecule has 0 aliphatic heterocycles. The lowest BCUT2D eigenvalue weighted by Gasteiger charge is -2.22. The van der Waals surface area contributed by atoms with Crippen molar-refractivity contribution < 1.29 is 13.9 Å². The largest absolute Gasteiger partial charge is 0.483 e. The molecule has 5 nitrogen and oxygen atoms in total. The molecule has 2 aromatic carbocycles. The quantitative estimate of drug-likeness (QED) is 0.707. The molecular weight excluding hydrogens is 335 g/mol. The topological polar surface area (TPSA) is 51.5 Å². The van der Waals surface area contributed by atoms with E-state index in [9.17, 15) is 14.0 Å². The zero-order chi connectivity index (χ0) is 18.7. The van der Waals surface area contributed by atoms with E-state index in [2.05, 4.69) is 0 Å². The molecule has 0 bridgehead atoms. The number of anilines is 1. The van der Waals surface area contributed by atoms with Gasteiger partial charge in [-0.3, -0.25) is 9.59 Å². The fourth-order valence-electron chi connectivity index (χ4n) is 2.87. The van der Waals surface area contributed by atoms with Crippen LogP contribution in [0.1, 0.15) is 6.92 Å². The average Bonchev–Trinajstić information content (AvgIpc) is 2.65. The van der Waals surface area contributed by atoms with Crippen molar-refractivity contribution in [3.05, 3.63) is 70.8 Å². The van der Waals surface area contributed by atoms with E-state index in [1.165, 1.54) is 21.6 Å². The van der Waals surface area contributed by atoms with Gasteiger partial charge >= 0.3 is 0 Å². The van der Waals surface area contributed by atoms with E-state index < -0.39 is 5.82 Å². The van der Waals surface area contributed by atoms with Crippen LogP contribution in [0.4, 0.5) is 10.1 Å². The van der Waals surface area contributed by atoms with Crippen LogP contribution in [0.5, 0.6) is 5.75 Å². The maximum Gasteiger partial charge on any atom is 0.264 e. The van der Waals surface area contributed by atoms with Gasteiger partial charge in [0.25, 0.3) is 11.5 Å². The Labute approximate surface area is 150 Å². The number of aromatic nitrogens is 1. The van der Waals surface area contributed by atoms with Gasteiger partial charge in [0.05, 0.1) is 11.2 Å². The Bertz CT molecular complexity index is 1010. The Balaban J connectivity index is 1.86. The van der Waals surface area contributed by atoms with Crippen molar-refractivity contribution in [1.82, 2.24) is 4.57 Å². The maximum atomic E-state index is 14.0. The lowest BCUT2D eigenvalue weighted by atomic mass is 10.2. The summed E-state index contributed by atoms with van der Waals surface area (Å²) < 4.78 is 21.1. The molecule has 0 aliphatic carbocycles. The van der Waals surface area contributed by atoms with Crippen LogP contribution in [-0.4, -0.2) is 23.6 Å².